The molecule has 2 rings (SSSR count). The molecule has 388 valence electrons. The SMILES string of the molecule is CCCCCCCCCCCCC/C=C/CCC(=O)O[C@H](COC(=O)CCCCCCCCCCCCCCCCC)CO[C@@H]1O[C@H](CO[C@@H]2O[C@H](CO)[C@H](O)C(O)C2O)[C@H](O)C(O)C1O. The molecular weight excluding hydrogens is 853 g/mol. The fourth-order valence-corrected chi connectivity index (χ4v) is 8.41. The van der Waals surface area contributed by atoms with E-state index in [0.717, 1.165) is 32.1 Å². The minimum atomic E-state index is -1.77. The molecule has 4 unspecified atom stereocenters. The molecule has 2 aliphatic heterocycles. The first-order valence-electron chi connectivity index (χ1n) is 26.3. The fourth-order valence-electron chi connectivity index (χ4n) is 8.41. The third kappa shape index (κ3) is 26.8. The standard InChI is InChI=1S/C51H94O15/c1-3-5-7-9-11-13-15-17-19-21-23-25-27-29-31-33-42(53)61-36-39(64-43(54)34-32-30-28-26-24-22-20-18-16-14-12-10-8-6-4-2)37-62-50-49(60)47(58)45(56)41(66-50)38-63-51-48(59)46(57)44(55)40(35-52)65-51/h28,30,39-41,44-52,55-60H,3-27,29,31-38H2,1-2H3/b30-28+/t39-,40-,41-,44+,45+,46?,47?,48?,49?,50-,51-/m1/s1. The van der Waals surface area contributed by atoms with Gasteiger partial charge in [0, 0.05) is 12.8 Å². The number of esters is 2. The lowest BCUT2D eigenvalue weighted by molar-refractivity contribution is -0.332. The van der Waals surface area contributed by atoms with Crippen LogP contribution in [0, 0.1) is 0 Å². The van der Waals surface area contributed by atoms with Crippen molar-refractivity contribution >= 4 is 11.9 Å². The number of ether oxygens (including phenoxy) is 6. The zero-order chi connectivity index (χ0) is 48.2. The van der Waals surface area contributed by atoms with Crippen LogP contribution in [0.25, 0.3) is 0 Å². The van der Waals surface area contributed by atoms with Crippen molar-refractivity contribution < 1.29 is 73.8 Å². The summed E-state index contributed by atoms with van der Waals surface area (Å²) in [6.45, 7) is 2.58. The van der Waals surface area contributed by atoms with E-state index < -0.39 is 99.3 Å². The lowest BCUT2D eigenvalue weighted by atomic mass is 9.98. The number of carbonyl (C=O) groups is 2. The number of hydrogen-bond donors (Lipinski definition) is 7. The van der Waals surface area contributed by atoms with Crippen molar-refractivity contribution in [1.82, 2.24) is 0 Å². The molecule has 2 aliphatic rings. The van der Waals surface area contributed by atoms with Crippen LogP contribution in [0.4, 0.5) is 0 Å². The average molecular weight is 947 g/mol. The lowest BCUT2D eigenvalue weighted by Gasteiger charge is -2.42. The largest absolute Gasteiger partial charge is 0.462 e. The van der Waals surface area contributed by atoms with Crippen LogP contribution < -0.4 is 0 Å². The minimum absolute atomic E-state index is 0.0865. The van der Waals surface area contributed by atoms with Gasteiger partial charge in [0.05, 0.1) is 19.8 Å². The van der Waals surface area contributed by atoms with E-state index in [2.05, 4.69) is 19.9 Å². The Morgan fingerprint density at radius 1 is 0.470 bits per heavy atom. The van der Waals surface area contributed by atoms with E-state index in [9.17, 15) is 45.3 Å². The summed E-state index contributed by atoms with van der Waals surface area (Å²) in [6.07, 6.45) is 21.1. The molecule has 0 amide bonds. The molecule has 2 fully saturated rings. The Balaban J connectivity index is 1.81. The van der Waals surface area contributed by atoms with Gasteiger partial charge < -0.3 is 64.2 Å². The molecule has 15 heteroatoms. The number of aliphatic hydroxyl groups is 7. The molecule has 2 heterocycles. The molecule has 0 aromatic carbocycles. The molecule has 0 saturated carbocycles. The summed E-state index contributed by atoms with van der Waals surface area (Å²) in [6, 6.07) is 0. The molecule has 0 aliphatic carbocycles. The predicted octanol–water partition coefficient (Wildman–Crippen LogP) is 7.38. The zero-order valence-electron chi connectivity index (χ0n) is 40.9. The summed E-state index contributed by atoms with van der Waals surface area (Å²) in [5, 5.41) is 72.0. The molecule has 7 N–H and O–H groups in total. The number of unbranched alkanes of at least 4 members (excludes halogenated alkanes) is 25. The number of hydrogen-bond acceptors (Lipinski definition) is 15. The lowest BCUT2D eigenvalue weighted by Crippen LogP contribution is -2.61. The van der Waals surface area contributed by atoms with Gasteiger partial charge in [-0.05, 0) is 25.7 Å². The maximum absolute atomic E-state index is 13.0. The first-order valence-corrected chi connectivity index (χ1v) is 26.3. The minimum Gasteiger partial charge on any atom is -0.462 e. The van der Waals surface area contributed by atoms with Gasteiger partial charge in [-0.25, -0.2) is 0 Å². The topological polar surface area (TPSA) is 231 Å². The first kappa shape index (κ1) is 60.4. The van der Waals surface area contributed by atoms with Crippen molar-refractivity contribution in [3.8, 4) is 0 Å². The Labute approximate surface area is 397 Å². The molecule has 2 saturated heterocycles. The molecule has 0 aromatic heterocycles. The van der Waals surface area contributed by atoms with Crippen molar-refractivity contribution in [2.24, 2.45) is 0 Å². The van der Waals surface area contributed by atoms with Crippen LogP contribution in [-0.4, -0.2) is 142 Å². The van der Waals surface area contributed by atoms with Gasteiger partial charge in [-0.2, -0.15) is 0 Å². The van der Waals surface area contributed by atoms with E-state index in [-0.39, 0.29) is 19.4 Å². The van der Waals surface area contributed by atoms with Crippen LogP contribution in [0.2, 0.25) is 0 Å². The Morgan fingerprint density at radius 2 is 0.894 bits per heavy atom. The fraction of sp³-hybridized carbons (Fsp3) is 0.922. The van der Waals surface area contributed by atoms with E-state index >= 15 is 0 Å². The molecule has 66 heavy (non-hydrogen) atoms. The van der Waals surface area contributed by atoms with Crippen LogP contribution in [-0.2, 0) is 38.0 Å². The van der Waals surface area contributed by atoms with Gasteiger partial charge in [0.15, 0.2) is 18.7 Å². The van der Waals surface area contributed by atoms with Crippen molar-refractivity contribution in [3.63, 3.8) is 0 Å². The van der Waals surface area contributed by atoms with Crippen LogP contribution in [0.3, 0.4) is 0 Å². The number of carbonyl (C=O) groups excluding carboxylic acids is 2. The number of aliphatic hydroxyl groups excluding tert-OH is 7. The summed E-state index contributed by atoms with van der Waals surface area (Å²) in [5.41, 5.74) is 0. The molecule has 0 bridgehead atoms. The van der Waals surface area contributed by atoms with E-state index in [1.807, 2.05) is 6.08 Å². The highest BCUT2D eigenvalue weighted by molar-refractivity contribution is 5.70. The second-order valence-electron chi connectivity index (χ2n) is 18.7. The molecule has 0 spiro atoms. The average Bonchev–Trinajstić information content (AvgIpc) is 3.31. The highest BCUT2D eigenvalue weighted by Gasteiger charge is 2.47. The summed E-state index contributed by atoms with van der Waals surface area (Å²) < 4.78 is 33.5. The Morgan fingerprint density at radius 3 is 1.39 bits per heavy atom. The third-order valence-electron chi connectivity index (χ3n) is 12.8. The van der Waals surface area contributed by atoms with Gasteiger partial charge in [-0.15, -0.1) is 0 Å². The summed E-state index contributed by atoms with van der Waals surface area (Å²) >= 11 is 0. The number of allylic oxidation sites excluding steroid dienone is 2. The van der Waals surface area contributed by atoms with Crippen LogP contribution in [0.5, 0.6) is 0 Å². The number of rotatable bonds is 41. The second kappa shape index (κ2) is 39.0. The third-order valence-corrected chi connectivity index (χ3v) is 12.8. The van der Waals surface area contributed by atoms with Gasteiger partial charge in [0.2, 0.25) is 0 Å². The van der Waals surface area contributed by atoms with Gasteiger partial charge in [-0.1, -0.05) is 180 Å². The molecule has 0 aromatic rings. The Hall–Kier alpha value is -1.76. The molecule has 0 radical (unpaired) electrons. The van der Waals surface area contributed by atoms with Crippen molar-refractivity contribution in [2.45, 2.75) is 274 Å². The van der Waals surface area contributed by atoms with Gasteiger partial charge in [0.1, 0.15) is 55.4 Å². The van der Waals surface area contributed by atoms with Gasteiger partial charge in [0.25, 0.3) is 0 Å². The smallest absolute Gasteiger partial charge is 0.306 e. The maximum Gasteiger partial charge on any atom is 0.306 e. The van der Waals surface area contributed by atoms with Crippen LogP contribution >= 0.6 is 0 Å². The Kier molecular flexibility index (Phi) is 35.7. The second-order valence-corrected chi connectivity index (χ2v) is 18.7. The quantitative estimate of drug-likeness (QED) is 0.0180. The monoisotopic (exact) mass is 947 g/mol. The molecular formula is C51H94O15. The van der Waals surface area contributed by atoms with E-state index in [1.165, 1.54) is 135 Å². The summed E-state index contributed by atoms with van der Waals surface area (Å²) in [4.78, 5) is 25.7. The normalized spacial score (nSPS) is 26.2. The van der Waals surface area contributed by atoms with Gasteiger partial charge in [-0.3, -0.25) is 9.59 Å². The van der Waals surface area contributed by atoms with E-state index in [0.29, 0.717) is 12.8 Å². The summed E-state index contributed by atoms with van der Waals surface area (Å²) in [7, 11) is 0. The Bertz CT molecular complexity index is 1210. The maximum atomic E-state index is 13.0. The predicted molar refractivity (Wildman–Crippen MR) is 252 cm³/mol. The molecule has 11 atom stereocenters. The zero-order valence-corrected chi connectivity index (χ0v) is 40.9. The summed E-state index contributed by atoms with van der Waals surface area (Å²) in [5.74, 6) is -0.971. The van der Waals surface area contributed by atoms with Crippen LogP contribution in [0.1, 0.15) is 206 Å². The van der Waals surface area contributed by atoms with Crippen molar-refractivity contribution in [2.75, 3.05) is 26.4 Å². The van der Waals surface area contributed by atoms with Crippen LogP contribution in [0.15, 0.2) is 12.2 Å². The highest BCUT2D eigenvalue weighted by Crippen LogP contribution is 2.26. The van der Waals surface area contributed by atoms with Gasteiger partial charge >= 0.3 is 11.9 Å². The first-order chi connectivity index (χ1) is 32.0. The highest BCUT2D eigenvalue weighted by atomic mass is 16.7. The van der Waals surface area contributed by atoms with Crippen molar-refractivity contribution in [3.05, 3.63) is 12.2 Å². The van der Waals surface area contributed by atoms with E-state index in [4.69, 9.17) is 28.4 Å². The van der Waals surface area contributed by atoms with Crippen molar-refractivity contribution in [1.29, 1.82) is 0 Å². The molecule has 15 nitrogen and oxygen atoms in total. The van der Waals surface area contributed by atoms with E-state index in [1.54, 1.807) is 0 Å².